The lowest BCUT2D eigenvalue weighted by atomic mass is 10.1. The lowest BCUT2D eigenvalue weighted by Crippen LogP contribution is -2.18. The Morgan fingerprint density at radius 2 is 1.86 bits per heavy atom. The molecule has 0 unspecified atom stereocenters. The van der Waals surface area contributed by atoms with Gasteiger partial charge in [0.1, 0.15) is 0 Å². The Morgan fingerprint density at radius 1 is 1.05 bits per heavy atom. The standard InChI is InChI=1S/C16H11Cl2N3O/c17-11-5-4-9(8-12(11)18)21-13-3-1-2-10(13)15(22)14-16(21)20-7-6-19-14/h4-8H,1-3H2. The number of fused-ring (bicyclic) bond motifs is 2. The third-order valence-electron chi connectivity index (χ3n) is 4.00. The molecule has 4 rings (SSSR count). The van der Waals surface area contributed by atoms with Gasteiger partial charge in [-0.15, -0.1) is 0 Å². The summed E-state index contributed by atoms with van der Waals surface area (Å²) in [5.74, 6) is 0. The first-order valence-corrected chi connectivity index (χ1v) is 7.75. The summed E-state index contributed by atoms with van der Waals surface area (Å²) in [7, 11) is 0. The van der Waals surface area contributed by atoms with Gasteiger partial charge in [-0.05, 0) is 37.5 Å². The van der Waals surface area contributed by atoms with E-state index in [1.807, 2.05) is 10.6 Å². The fourth-order valence-electron chi connectivity index (χ4n) is 3.05. The number of hydrogen-bond acceptors (Lipinski definition) is 3. The number of rotatable bonds is 1. The van der Waals surface area contributed by atoms with Crippen LogP contribution in [0.4, 0.5) is 0 Å². The molecule has 0 amide bonds. The Morgan fingerprint density at radius 3 is 2.68 bits per heavy atom. The SMILES string of the molecule is O=c1c2c(n(-c3ccc(Cl)c(Cl)c3)c3nccnc13)CCC2. The molecule has 0 radical (unpaired) electrons. The molecule has 1 aromatic carbocycles. The maximum atomic E-state index is 12.6. The van der Waals surface area contributed by atoms with E-state index in [0.29, 0.717) is 21.2 Å². The molecule has 0 aliphatic heterocycles. The molecule has 0 fully saturated rings. The smallest absolute Gasteiger partial charge is 0.212 e. The Labute approximate surface area is 136 Å². The molecule has 0 bridgehead atoms. The highest BCUT2D eigenvalue weighted by atomic mass is 35.5. The van der Waals surface area contributed by atoms with Gasteiger partial charge in [-0.1, -0.05) is 23.2 Å². The van der Waals surface area contributed by atoms with Crippen molar-refractivity contribution in [1.29, 1.82) is 0 Å². The monoisotopic (exact) mass is 331 g/mol. The minimum absolute atomic E-state index is 0.00749. The maximum absolute atomic E-state index is 12.6. The van der Waals surface area contributed by atoms with E-state index in [1.54, 1.807) is 24.5 Å². The molecule has 22 heavy (non-hydrogen) atoms. The van der Waals surface area contributed by atoms with Crippen LogP contribution in [0.2, 0.25) is 10.0 Å². The Kier molecular flexibility index (Phi) is 3.17. The minimum Gasteiger partial charge on any atom is -0.296 e. The Hall–Kier alpha value is -1.91. The quantitative estimate of drug-likeness (QED) is 0.684. The summed E-state index contributed by atoms with van der Waals surface area (Å²) in [6.07, 6.45) is 5.73. The Bertz CT molecular complexity index is 965. The molecule has 0 saturated heterocycles. The minimum atomic E-state index is -0.00749. The van der Waals surface area contributed by atoms with Crippen molar-refractivity contribution in [3.63, 3.8) is 0 Å². The predicted octanol–water partition coefficient (Wildman–Crippen LogP) is 3.58. The number of aromatic nitrogens is 3. The van der Waals surface area contributed by atoms with Crippen molar-refractivity contribution in [2.75, 3.05) is 0 Å². The van der Waals surface area contributed by atoms with Gasteiger partial charge in [0.25, 0.3) is 0 Å². The van der Waals surface area contributed by atoms with Crippen LogP contribution in [0.3, 0.4) is 0 Å². The average Bonchev–Trinajstić information content (AvgIpc) is 3.00. The molecule has 4 nitrogen and oxygen atoms in total. The zero-order chi connectivity index (χ0) is 15.3. The van der Waals surface area contributed by atoms with Crippen LogP contribution in [-0.2, 0) is 12.8 Å². The number of pyridine rings is 1. The van der Waals surface area contributed by atoms with E-state index in [-0.39, 0.29) is 5.43 Å². The first-order valence-electron chi connectivity index (χ1n) is 6.99. The highest BCUT2D eigenvalue weighted by Crippen LogP contribution is 2.29. The first kappa shape index (κ1) is 13.7. The molecule has 3 aromatic rings. The van der Waals surface area contributed by atoms with Gasteiger partial charge in [0.2, 0.25) is 5.43 Å². The number of halogens is 2. The number of benzene rings is 1. The van der Waals surface area contributed by atoms with Crippen molar-refractivity contribution >= 4 is 34.4 Å². The molecule has 2 heterocycles. The van der Waals surface area contributed by atoms with Crippen LogP contribution in [0.25, 0.3) is 16.9 Å². The van der Waals surface area contributed by atoms with E-state index in [4.69, 9.17) is 23.2 Å². The van der Waals surface area contributed by atoms with Gasteiger partial charge in [0.05, 0.1) is 10.0 Å². The van der Waals surface area contributed by atoms with Gasteiger partial charge in [-0.2, -0.15) is 0 Å². The van der Waals surface area contributed by atoms with E-state index in [9.17, 15) is 4.79 Å². The molecule has 1 aliphatic carbocycles. The van der Waals surface area contributed by atoms with Gasteiger partial charge < -0.3 is 0 Å². The number of hydrogen-bond donors (Lipinski definition) is 0. The third kappa shape index (κ3) is 1.95. The normalized spacial score (nSPS) is 13.5. The summed E-state index contributed by atoms with van der Waals surface area (Å²) in [6.45, 7) is 0. The predicted molar refractivity (Wildman–Crippen MR) is 87.2 cm³/mol. The van der Waals surface area contributed by atoms with Crippen LogP contribution in [0.15, 0.2) is 35.4 Å². The van der Waals surface area contributed by atoms with Crippen molar-refractivity contribution in [1.82, 2.24) is 14.5 Å². The van der Waals surface area contributed by atoms with Crippen molar-refractivity contribution in [3.05, 3.63) is 62.1 Å². The van der Waals surface area contributed by atoms with E-state index in [1.165, 1.54) is 0 Å². The maximum Gasteiger partial charge on any atom is 0.212 e. The van der Waals surface area contributed by atoms with Crippen LogP contribution in [0.5, 0.6) is 0 Å². The third-order valence-corrected chi connectivity index (χ3v) is 4.74. The van der Waals surface area contributed by atoms with Crippen LogP contribution < -0.4 is 5.43 Å². The van der Waals surface area contributed by atoms with E-state index >= 15 is 0 Å². The van der Waals surface area contributed by atoms with Crippen molar-refractivity contribution < 1.29 is 0 Å². The second-order valence-electron chi connectivity index (χ2n) is 5.27. The molecular formula is C16H11Cl2N3O. The number of nitrogens with zero attached hydrogens (tertiary/aromatic N) is 3. The molecule has 1 aliphatic rings. The summed E-state index contributed by atoms with van der Waals surface area (Å²) >= 11 is 12.2. The van der Waals surface area contributed by atoms with Gasteiger partial charge in [0.15, 0.2) is 11.2 Å². The fraction of sp³-hybridized carbons (Fsp3) is 0.188. The molecule has 0 spiro atoms. The lowest BCUT2D eigenvalue weighted by Gasteiger charge is -2.16. The lowest BCUT2D eigenvalue weighted by molar-refractivity contribution is 0.873. The highest BCUT2D eigenvalue weighted by molar-refractivity contribution is 6.42. The van der Waals surface area contributed by atoms with Gasteiger partial charge in [0, 0.05) is 29.3 Å². The fourth-order valence-corrected chi connectivity index (χ4v) is 3.34. The van der Waals surface area contributed by atoms with Gasteiger partial charge in [-0.3, -0.25) is 9.36 Å². The summed E-state index contributed by atoms with van der Waals surface area (Å²) in [4.78, 5) is 21.2. The van der Waals surface area contributed by atoms with Crippen molar-refractivity contribution in [2.45, 2.75) is 19.3 Å². The molecular weight excluding hydrogens is 321 g/mol. The molecule has 110 valence electrons. The molecule has 6 heteroatoms. The highest BCUT2D eigenvalue weighted by Gasteiger charge is 2.23. The summed E-state index contributed by atoms with van der Waals surface area (Å²) in [6, 6.07) is 5.42. The van der Waals surface area contributed by atoms with E-state index in [0.717, 1.165) is 36.2 Å². The molecule has 0 saturated carbocycles. The zero-order valence-corrected chi connectivity index (χ0v) is 13.0. The van der Waals surface area contributed by atoms with Gasteiger partial charge in [-0.25, -0.2) is 9.97 Å². The molecule has 0 N–H and O–H groups in total. The van der Waals surface area contributed by atoms with Gasteiger partial charge >= 0.3 is 0 Å². The first-order chi connectivity index (χ1) is 10.7. The average molecular weight is 332 g/mol. The zero-order valence-electron chi connectivity index (χ0n) is 11.5. The summed E-state index contributed by atoms with van der Waals surface area (Å²) in [5.41, 5.74) is 3.63. The second-order valence-corrected chi connectivity index (χ2v) is 6.08. The largest absolute Gasteiger partial charge is 0.296 e. The van der Waals surface area contributed by atoms with Crippen molar-refractivity contribution in [2.24, 2.45) is 0 Å². The molecule has 0 atom stereocenters. The van der Waals surface area contributed by atoms with Crippen LogP contribution in [0, 0.1) is 0 Å². The van der Waals surface area contributed by atoms with Crippen LogP contribution in [-0.4, -0.2) is 14.5 Å². The van der Waals surface area contributed by atoms with E-state index in [2.05, 4.69) is 9.97 Å². The second kappa shape index (κ2) is 5.07. The van der Waals surface area contributed by atoms with Crippen LogP contribution >= 0.6 is 23.2 Å². The Balaban J connectivity index is 2.15. The summed E-state index contributed by atoms with van der Waals surface area (Å²) in [5, 5.41) is 0.972. The van der Waals surface area contributed by atoms with Crippen LogP contribution in [0.1, 0.15) is 17.7 Å². The summed E-state index contributed by atoms with van der Waals surface area (Å²) < 4.78 is 1.98. The van der Waals surface area contributed by atoms with E-state index < -0.39 is 0 Å². The topological polar surface area (TPSA) is 47.8 Å². The van der Waals surface area contributed by atoms with Crippen molar-refractivity contribution in [3.8, 4) is 5.69 Å². The molecule has 2 aromatic heterocycles.